The van der Waals surface area contributed by atoms with Gasteiger partial charge in [0.25, 0.3) is 0 Å². The Labute approximate surface area is 111 Å². The summed E-state index contributed by atoms with van der Waals surface area (Å²) < 4.78 is 0. The van der Waals surface area contributed by atoms with Crippen LogP contribution in [0.2, 0.25) is 0 Å². The predicted octanol–water partition coefficient (Wildman–Crippen LogP) is 2.21. The van der Waals surface area contributed by atoms with Crippen molar-refractivity contribution in [1.82, 2.24) is 15.2 Å². The maximum atomic E-state index is 4.59. The summed E-state index contributed by atoms with van der Waals surface area (Å²) in [6, 6.07) is 6.93. The van der Waals surface area contributed by atoms with Gasteiger partial charge in [-0.05, 0) is 51.4 Å². The van der Waals surface area contributed by atoms with Gasteiger partial charge in [0.15, 0.2) is 0 Å². The van der Waals surface area contributed by atoms with Gasteiger partial charge < -0.3 is 5.32 Å². The number of nitrogens with zero attached hydrogens (tertiary/aromatic N) is 2. The molecule has 1 saturated carbocycles. The molecule has 2 rings (SSSR count). The summed E-state index contributed by atoms with van der Waals surface area (Å²) in [5.74, 6) is 0.898. The Balaban J connectivity index is 1.91. The Kier molecular flexibility index (Phi) is 4.72. The fourth-order valence-electron chi connectivity index (χ4n) is 2.47. The first-order chi connectivity index (χ1) is 8.72. The van der Waals surface area contributed by atoms with E-state index in [9.17, 15) is 0 Å². The van der Waals surface area contributed by atoms with Crippen LogP contribution >= 0.6 is 0 Å². The zero-order valence-corrected chi connectivity index (χ0v) is 11.8. The molecular formula is C15H25N3. The molecule has 0 spiro atoms. The minimum absolute atomic E-state index is 0.648. The third kappa shape index (κ3) is 3.79. The van der Waals surface area contributed by atoms with Crippen LogP contribution < -0.4 is 5.32 Å². The molecule has 3 heteroatoms. The first kappa shape index (κ1) is 13.5. The zero-order valence-electron chi connectivity index (χ0n) is 11.8. The lowest BCUT2D eigenvalue weighted by atomic mass is 10.1. The number of aromatic nitrogens is 1. The molecule has 1 heterocycles. The Morgan fingerprint density at radius 2 is 2.22 bits per heavy atom. The number of hydrogen-bond donors (Lipinski definition) is 1. The van der Waals surface area contributed by atoms with Crippen molar-refractivity contribution in [3.05, 3.63) is 29.6 Å². The second-order valence-corrected chi connectivity index (χ2v) is 5.33. The van der Waals surface area contributed by atoms with Gasteiger partial charge in [-0.25, -0.2) is 0 Å². The number of pyridine rings is 1. The highest BCUT2D eigenvalue weighted by atomic mass is 15.2. The highest BCUT2D eigenvalue weighted by molar-refractivity contribution is 5.09. The summed E-state index contributed by atoms with van der Waals surface area (Å²) in [6.07, 6.45) is 2.79. The van der Waals surface area contributed by atoms with Crippen molar-refractivity contribution in [2.75, 3.05) is 20.1 Å². The minimum Gasteiger partial charge on any atom is -0.315 e. The van der Waals surface area contributed by atoms with Crippen LogP contribution in [0.15, 0.2) is 18.2 Å². The maximum absolute atomic E-state index is 4.59. The molecule has 1 aliphatic rings. The first-order valence-corrected chi connectivity index (χ1v) is 7.05. The fraction of sp³-hybridized carbons (Fsp3) is 0.667. The summed E-state index contributed by atoms with van der Waals surface area (Å²) in [5.41, 5.74) is 2.29. The number of rotatable bonds is 7. The van der Waals surface area contributed by atoms with Crippen molar-refractivity contribution in [3.8, 4) is 0 Å². The van der Waals surface area contributed by atoms with E-state index < -0.39 is 0 Å². The molecule has 100 valence electrons. The van der Waals surface area contributed by atoms with E-state index in [0.717, 1.165) is 31.2 Å². The monoisotopic (exact) mass is 247 g/mol. The Bertz CT molecular complexity index is 374. The summed E-state index contributed by atoms with van der Waals surface area (Å²) in [5, 5.41) is 3.46. The van der Waals surface area contributed by atoms with Crippen LogP contribution in [0.1, 0.15) is 31.2 Å². The van der Waals surface area contributed by atoms with Crippen LogP contribution in [0.4, 0.5) is 0 Å². The number of likely N-dealkylation sites (N-methyl/N-ethyl adjacent to an activating group) is 2. The summed E-state index contributed by atoms with van der Waals surface area (Å²) in [4.78, 5) is 7.08. The van der Waals surface area contributed by atoms with Crippen molar-refractivity contribution in [1.29, 1.82) is 0 Å². The average Bonchev–Trinajstić information content (AvgIpc) is 3.18. The molecule has 3 nitrogen and oxygen atoms in total. The van der Waals surface area contributed by atoms with Gasteiger partial charge in [0.2, 0.25) is 0 Å². The second-order valence-electron chi connectivity index (χ2n) is 5.33. The molecule has 18 heavy (non-hydrogen) atoms. The third-order valence-corrected chi connectivity index (χ3v) is 3.80. The molecule has 0 aromatic carbocycles. The summed E-state index contributed by atoms with van der Waals surface area (Å²) >= 11 is 0. The maximum Gasteiger partial charge on any atom is 0.0547 e. The van der Waals surface area contributed by atoms with Crippen molar-refractivity contribution < 1.29 is 0 Å². The normalized spacial score (nSPS) is 17.1. The second kappa shape index (κ2) is 6.30. The van der Waals surface area contributed by atoms with Crippen molar-refractivity contribution in [2.24, 2.45) is 5.92 Å². The summed E-state index contributed by atoms with van der Waals surface area (Å²) in [7, 11) is 2.09. The van der Waals surface area contributed by atoms with Gasteiger partial charge in [0, 0.05) is 24.8 Å². The van der Waals surface area contributed by atoms with Gasteiger partial charge in [0.05, 0.1) is 5.69 Å². The Morgan fingerprint density at radius 1 is 1.44 bits per heavy atom. The van der Waals surface area contributed by atoms with Crippen LogP contribution in [0, 0.1) is 12.8 Å². The molecule has 1 aromatic heterocycles. The first-order valence-electron chi connectivity index (χ1n) is 7.05. The molecule has 1 aliphatic carbocycles. The van der Waals surface area contributed by atoms with Crippen molar-refractivity contribution >= 4 is 0 Å². The van der Waals surface area contributed by atoms with Gasteiger partial charge in [-0.1, -0.05) is 13.0 Å². The molecular weight excluding hydrogens is 222 g/mol. The fourth-order valence-corrected chi connectivity index (χ4v) is 2.47. The van der Waals surface area contributed by atoms with E-state index in [1.807, 2.05) is 0 Å². The molecule has 1 fully saturated rings. The molecule has 0 aliphatic heterocycles. The lowest BCUT2D eigenvalue weighted by Gasteiger charge is -2.26. The SMILES string of the molecule is CCN(Cc1cccc(C)n1)CC(NC)C1CC1. The minimum atomic E-state index is 0.648. The van der Waals surface area contributed by atoms with Gasteiger partial charge >= 0.3 is 0 Å². The van der Waals surface area contributed by atoms with Crippen LogP contribution in [0.3, 0.4) is 0 Å². The smallest absolute Gasteiger partial charge is 0.0547 e. The highest BCUT2D eigenvalue weighted by Gasteiger charge is 2.30. The van der Waals surface area contributed by atoms with E-state index in [0.29, 0.717) is 6.04 Å². The average molecular weight is 247 g/mol. The highest BCUT2D eigenvalue weighted by Crippen LogP contribution is 2.32. The van der Waals surface area contributed by atoms with E-state index in [2.05, 4.69) is 54.3 Å². The lowest BCUT2D eigenvalue weighted by molar-refractivity contribution is 0.236. The van der Waals surface area contributed by atoms with E-state index in [1.54, 1.807) is 0 Å². The lowest BCUT2D eigenvalue weighted by Crippen LogP contribution is -2.40. The zero-order chi connectivity index (χ0) is 13.0. The predicted molar refractivity (Wildman–Crippen MR) is 75.5 cm³/mol. The number of nitrogens with one attached hydrogen (secondary N) is 1. The van der Waals surface area contributed by atoms with Gasteiger partial charge in [-0.2, -0.15) is 0 Å². The van der Waals surface area contributed by atoms with Crippen LogP contribution in [0.5, 0.6) is 0 Å². The molecule has 1 unspecified atom stereocenters. The largest absolute Gasteiger partial charge is 0.315 e. The van der Waals surface area contributed by atoms with E-state index in [1.165, 1.54) is 18.5 Å². The van der Waals surface area contributed by atoms with E-state index in [4.69, 9.17) is 0 Å². The molecule has 0 saturated heterocycles. The quantitative estimate of drug-likeness (QED) is 0.800. The third-order valence-electron chi connectivity index (χ3n) is 3.80. The Hall–Kier alpha value is -0.930. The number of aryl methyl sites for hydroxylation is 1. The van der Waals surface area contributed by atoms with Crippen molar-refractivity contribution in [2.45, 2.75) is 39.3 Å². The van der Waals surface area contributed by atoms with Gasteiger partial charge in [-0.15, -0.1) is 0 Å². The van der Waals surface area contributed by atoms with Gasteiger partial charge in [0.1, 0.15) is 0 Å². The van der Waals surface area contributed by atoms with Gasteiger partial charge in [-0.3, -0.25) is 9.88 Å². The molecule has 1 atom stereocenters. The summed E-state index contributed by atoms with van der Waals surface area (Å²) in [6.45, 7) is 7.46. The standard InChI is InChI=1S/C15H25N3/c1-4-18(11-15(16-3)13-8-9-13)10-14-7-5-6-12(2)17-14/h5-7,13,15-16H,4,8-11H2,1-3H3. The Morgan fingerprint density at radius 3 is 2.78 bits per heavy atom. The van der Waals surface area contributed by atoms with Crippen LogP contribution in [0.25, 0.3) is 0 Å². The molecule has 0 amide bonds. The van der Waals surface area contributed by atoms with Crippen LogP contribution in [-0.4, -0.2) is 36.1 Å². The van der Waals surface area contributed by atoms with E-state index >= 15 is 0 Å². The van der Waals surface area contributed by atoms with E-state index in [-0.39, 0.29) is 0 Å². The van der Waals surface area contributed by atoms with Crippen LogP contribution in [-0.2, 0) is 6.54 Å². The number of hydrogen-bond acceptors (Lipinski definition) is 3. The topological polar surface area (TPSA) is 28.2 Å². The molecule has 0 radical (unpaired) electrons. The molecule has 1 N–H and O–H groups in total. The van der Waals surface area contributed by atoms with Crippen molar-refractivity contribution in [3.63, 3.8) is 0 Å². The molecule has 1 aromatic rings. The molecule has 0 bridgehead atoms.